The number of methoxy groups -OCH3 is 1. The second-order valence-electron chi connectivity index (χ2n) is 5.33. The van der Waals surface area contributed by atoms with Crippen molar-refractivity contribution in [3.8, 4) is 5.88 Å². The molecule has 0 radical (unpaired) electrons. The van der Waals surface area contributed by atoms with Crippen molar-refractivity contribution in [3.05, 3.63) is 23.9 Å². The first-order valence-corrected chi connectivity index (χ1v) is 6.80. The monoisotopic (exact) mass is 247 g/mol. The average molecular weight is 247 g/mol. The minimum Gasteiger partial charge on any atom is -0.481 e. The van der Waals surface area contributed by atoms with E-state index in [0.29, 0.717) is 11.9 Å². The van der Waals surface area contributed by atoms with Crippen LogP contribution in [0, 0.1) is 5.92 Å². The lowest BCUT2D eigenvalue weighted by molar-refractivity contribution is 0.220. The number of nitrogens with zero attached hydrogens (tertiary/aromatic N) is 2. The summed E-state index contributed by atoms with van der Waals surface area (Å²) in [5.74, 6) is 1.54. The van der Waals surface area contributed by atoms with Crippen molar-refractivity contribution >= 4 is 0 Å². The Labute approximate surface area is 108 Å². The van der Waals surface area contributed by atoms with Crippen molar-refractivity contribution in [2.45, 2.75) is 25.4 Å². The van der Waals surface area contributed by atoms with E-state index < -0.39 is 0 Å². The van der Waals surface area contributed by atoms with E-state index in [4.69, 9.17) is 4.74 Å². The molecule has 2 aliphatic rings. The van der Waals surface area contributed by atoms with Gasteiger partial charge in [-0.3, -0.25) is 0 Å². The number of piperidine rings is 1. The van der Waals surface area contributed by atoms with Crippen LogP contribution in [0.4, 0.5) is 0 Å². The third-order valence-electron chi connectivity index (χ3n) is 4.21. The minimum atomic E-state index is 0.683. The molecule has 98 valence electrons. The van der Waals surface area contributed by atoms with E-state index in [1.807, 2.05) is 12.3 Å². The van der Waals surface area contributed by atoms with Crippen LogP contribution in [0.1, 0.15) is 18.4 Å². The molecule has 0 aromatic carbocycles. The largest absolute Gasteiger partial charge is 0.481 e. The molecule has 0 spiro atoms. The highest BCUT2D eigenvalue weighted by Gasteiger charge is 2.33. The second-order valence-corrected chi connectivity index (χ2v) is 5.33. The van der Waals surface area contributed by atoms with Gasteiger partial charge < -0.3 is 15.0 Å². The SMILES string of the molecule is COc1ccc(CNC2CCN3CCC2C3)cn1. The maximum absolute atomic E-state index is 5.07. The molecule has 2 aliphatic heterocycles. The van der Waals surface area contributed by atoms with Crippen LogP contribution in [-0.4, -0.2) is 42.7 Å². The molecule has 3 unspecified atom stereocenters. The highest BCUT2D eigenvalue weighted by Crippen LogP contribution is 2.27. The second kappa shape index (κ2) is 5.24. The molecule has 3 atom stereocenters. The first-order chi connectivity index (χ1) is 8.85. The molecule has 2 fully saturated rings. The maximum atomic E-state index is 5.07. The Hall–Kier alpha value is -1.13. The van der Waals surface area contributed by atoms with Crippen molar-refractivity contribution in [1.82, 2.24) is 15.2 Å². The third kappa shape index (κ3) is 2.49. The zero-order valence-electron chi connectivity index (χ0n) is 10.9. The van der Waals surface area contributed by atoms with Gasteiger partial charge in [0.15, 0.2) is 0 Å². The van der Waals surface area contributed by atoms with Crippen molar-refractivity contribution in [2.75, 3.05) is 26.7 Å². The Kier molecular flexibility index (Phi) is 3.48. The molecular weight excluding hydrogens is 226 g/mol. The van der Waals surface area contributed by atoms with Crippen LogP contribution in [0.5, 0.6) is 5.88 Å². The molecule has 0 aliphatic carbocycles. The van der Waals surface area contributed by atoms with Crippen LogP contribution in [0.3, 0.4) is 0 Å². The smallest absolute Gasteiger partial charge is 0.212 e. The number of hydrogen-bond acceptors (Lipinski definition) is 4. The van der Waals surface area contributed by atoms with E-state index in [-0.39, 0.29) is 0 Å². The highest BCUT2D eigenvalue weighted by molar-refractivity contribution is 5.17. The molecule has 3 rings (SSSR count). The summed E-state index contributed by atoms with van der Waals surface area (Å²) in [5, 5.41) is 3.70. The summed E-state index contributed by atoms with van der Waals surface area (Å²) in [6.45, 7) is 4.76. The van der Waals surface area contributed by atoms with Gasteiger partial charge in [0.2, 0.25) is 5.88 Å². The standard InChI is InChI=1S/C14H21N3O/c1-18-14-3-2-11(9-16-14)8-15-13-5-7-17-6-4-12(13)10-17/h2-3,9,12-13,15H,4-8,10H2,1H3. The third-order valence-corrected chi connectivity index (χ3v) is 4.21. The fraction of sp³-hybridized carbons (Fsp3) is 0.643. The first kappa shape index (κ1) is 11.9. The number of hydrogen-bond donors (Lipinski definition) is 1. The molecule has 1 N–H and O–H groups in total. The van der Waals surface area contributed by atoms with Gasteiger partial charge in [0.1, 0.15) is 0 Å². The van der Waals surface area contributed by atoms with Crippen molar-refractivity contribution in [3.63, 3.8) is 0 Å². The Morgan fingerprint density at radius 3 is 3.06 bits per heavy atom. The lowest BCUT2D eigenvalue weighted by Crippen LogP contribution is -2.43. The van der Waals surface area contributed by atoms with Gasteiger partial charge in [0, 0.05) is 31.4 Å². The van der Waals surface area contributed by atoms with Gasteiger partial charge in [0.05, 0.1) is 7.11 Å². The first-order valence-electron chi connectivity index (χ1n) is 6.80. The normalized spacial score (nSPS) is 30.4. The van der Waals surface area contributed by atoms with Gasteiger partial charge in [-0.05, 0) is 37.4 Å². The number of nitrogens with one attached hydrogen (secondary N) is 1. The Morgan fingerprint density at radius 1 is 1.39 bits per heavy atom. The molecule has 3 heterocycles. The highest BCUT2D eigenvalue weighted by atomic mass is 16.5. The fourth-order valence-electron chi connectivity index (χ4n) is 3.11. The predicted molar refractivity (Wildman–Crippen MR) is 70.6 cm³/mol. The lowest BCUT2D eigenvalue weighted by atomic mass is 9.94. The maximum Gasteiger partial charge on any atom is 0.212 e. The van der Waals surface area contributed by atoms with Gasteiger partial charge >= 0.3 is 0 Å². The van der Waals surface area contributed by atoms with Crippen molar-refractivity contribution < 1.29 is 4.74 Å². The van der Waals surface area contributed by atoms with E-state index in [1.54, 1.807) is 7.11 Å². The summed E-state index contributed by atoms with van der Waals surface area (Å²) in [5.41, 5.74) is 1.23. The van der Waals surface area contributed by atoms with Crippen molar-refractivity contribution in [2.24, 2.45) is 5.92 Å². The number of rotatable bonds is 4. The van der Waals surface area contributed by atoms with Crippen LogP contribution < -0.4 is 10.1 Å². The molecule has 18 heavy (non-hydrogen) atoms. The quantitative estimate of drug-likeness (QED) is 0.869. The Bertz CT molecular complexity index is 393. The molecule has 0 amide bonds. The number of pyridine rings is 1. The van der Waals surface area contributed by atoms with Crippen LogP contribution in [0.15, 0.2) is 18.3 Å². The predicted octanol–water partition coefficient (Wildman–Crippen LogP) is 1.27. The van der Waals surface area contributed by atoms with Gasteiger partial charge in [-0.15, -0.1) is 0 Å². The Morgan fingerprint density at radius 2 is 2.28 bits per heavy atom. The van der Waals surface area contributed by atoms with E-state index >= 15 is 0 Å². The zero-order valence-corrected chi connectivity index (χ0v) is 10.9. The van der Waals surface area contributed by atoms with Crippen LogP contribution >= 0.6 is 0 Å². The number of fused-ring (bicyclic) bond motifs is 2. The van der Waals surface area contributed by atoms with Crippen LogP contribution in [-0.2, 0) is 6.54 Å². The Balaban J connectivity index is 1.53. The summed E-state index contributed by atoms with van der Waals surface area (Å²) < 4.78 is 5.07. The molecular formula is C14H21N3O. The molecule has 4 heteroatoms. The summed E-state index contributed by atoms with van der Waals surface area (Å²) in [6.07, 6.45) is 4.54. The summed E-state index contributed by atoms with van der Waals surface area (Å²) >= 11 is 0. The zero-order chi connectivity index (χ0) is 12.4. The molecule has 1 aromatic heterocycles. The van der Waals surface area contributed by atoms with E-state index in [2.05, 4.69) is 21.3 Å². The van der Waals surface area contributed by atoms with E-state index in [1.165, 1.54) is 38.0 Å². The lowest BCUT2D eigenvalue weighted by Gasteiger charge is -2.31. The van der Waals surface area contributed by atoms with Gasteiger partial charge in [0.25, 0.3) is 0 Å². The fourth-order valence-corrected chi connectivity index (χ4v) is 3.11. The summed E-state index contributed by atoms with van der Waals surface area (Å²) in [6, 6.07) is 4.70. The van der Waals surface area contributed by atoms with Crippen LogP contribution in [0.2, 0.25) is 0 Å². The molecule has 2 bridgehead atoms. The van der Waals surface area contributed by atoms with E-state index in [0.717, 1.165) is 12.5 Å². The van der Waals surface area contributed by atoms with Gasteiger partial charge in [-0.2, -0.15) is 0 Å². The summed E-state index contributed by atoms with van der Waals surface area (Å²) in [7, 11) is 1.65. The van der Waals surface area contributed by atoms with Crippen LogP contribution in [0.25, 0.3) is 0 Å². The van der Waals surface area contributed by atoms with Gasteiger partial charge in [-0.1, -0.05) is 6.07 Å². The molecule has 4 nitrogen and oxygen atoms in total. The van der Waals surface area contributed by atoms with Crippen molar-refractivity contribution in [1.29, 1.82) is 0 Å². The molecule has 2 saturated heterocycles. The minimum absolute atomic E-state index is 0.683. The molecule has 1 aromatic rings. The number of aromatic nitrogens is 1. The topological polar surface area (TPSA) is 37.4 Å². The summed E-state index contributed by atoms with van der Waals surface area (Å²) in [4.78, 5) is 6.82. The average Bonchev–Trinajstić information content (AvgIpc) is 2.81. The van der Waals surface area contributed by atoms with Gasteiger partial charge in [-0.25, -0.2) is 4.98 Å². The molecule has 0 saturated carbocycles. The number of ether oxygens (including phenoxy) is 1. The van der Waals surface area contributed by atoms with E-state index in [9.17, 15) is 0 Å².